The van der Waals surface area contributed by atoms with E-state index in [-0.39, 0.29) is 23.0 Å². The second-order valence-electron chi connectivity index (χ2n) is 10.1. The molecule has 7 bridgehead atoms. The molecule has 4 heterocycles. The van der Waals surface area contributed by atoms with Crippen LogP contribution in [0.2, 0.25) is 0 Å². The van der Waals surface area contributed by atoms with Gasteiger partial charge in [0.1, 0.15) is 11.5 Å². The third kappa shape index (κ3) is 1.19. The Bertz CT molecular complexity index is 761. The fourth-order valence-electron chi connectivity index (χ4n) is 8.38. The normalized spacial score (nSPS) is 64.0. The molecule has 4 saturated heterocycles. The van der Waals surface area contributed by atoms with Gasteiger partial charge in [-0.05, 0) is 42.6 Å². The smallest absolute Gasteiger partial charge is 0.211 e. The van der Waals surface area contributed by atoms with Crippen molar-refractivity contribution < 1.29 is 29.6 Å². The van der Waals surface area contributed by atoms with Gasteiger partial charge >= 0.3 is 0 Å². The van der Waals surface area contributed by atoms with E-state index >= 15 is 0 Å². The number of rotatable bonds is 0. The summed E-state index contributed by atoms with van der Waals surface area (Å²) in [4.78, 5) is 13.4. The van der Waals surface area contributed by atoms with Crippen LogP contribution in [0.25, 0.3) is 0 Å². The van der Waals surface area contributed by atoms with E-state index in [0.29, 0.717) is 18.4 Å². The van der Waals surface area contributed by atoms with E-state index in [1.54, 1.807) is 0 Å². The molecule has 4 aliphatic carbocycles. The summed E-state index contributed by atoms with van der Waals surface area (Å²) < 4.78 is 12.3. The molecular weight excluding hydrogens is 336 g/mol. The van der Waals surface area contributed by atoms with E-state index in [9.17, 15) is 20.1 Å². The number of hydrogen-bond acceptors (Lipinski definition) is 6. The summed E-state index contributed by atoms with van der Waals surface area (Å²) in [5.41, 5.74) is -2.03. The van der Waals surface area contributed by atoms with E-state index in [4.69, 9.17) is 9.47 Å². The Morgan fingerprint density at radius 3 is 2.65 bits per heavy atom. The maximum atomic E-state index is 13.4. The van der Waals surface area contributed by atoms with Crippen LogP contribution in [0.15, 0.2) is 12.2 Å². The standard InChI is InChI=1S/C20H26O6/c1-8-9-4-5-10-18-11(21)6-7-17(2,3)12(18)14(23)20(24)19(10,13(8)22)15(9)25-16(18)26-20/h9-12,14-16,21,23-24H,1,4-7H2,2-3H3/t9-,10-,11-,12+,14-,15+,16?,18-,19-,20-/m0/s1. The molecule has 8 rings (SSSR count). The summed E-state index contributed by atoms with van der Waals surface area (Å²) >= 11 is 0. The van der Waals surface area contributed by atoms with Gasteiger partial charge in [0.25, 0.3) is 0 Å². The van der Waals surface area contributed by atoms with Gasteiger partial charge in [-0.2, -0.15) is 0 Å². The van der Waals surface area contributed by atoms with Gasteiger partial charge in [-0.3, -0.25) is 4.79 Å². The van der Waals surface area contributed by atoms with Gasteiger partial charge in [0.15, 0.2) is 12.1 Å². The summed E-state index contributed by atoms with van der Waals surface area (Å²) in [6.45, 7) is 8.14. The molecule has 6 nitrogen and oxygen atoms in total. The molecule has 4 aliphatic heterocycles. The lowest BCUT2D eigenvalue weighted by molar-refractivity contribution is -0.556. The molecule has 0 amide bonds. The van der Waals surface area contributed by atoms with Crippen molar-refractivity contribution in [3.8, 4) is 0 Å². The zero-order valence-electron chi connectivity index (χ0n) is 15.1. The number of carbonyl (C=O) groups excluding carboxylic acids is 1. The minimum atomic E-state index is -1.97. The summed E-state index contributed by atoms with van der Waals surface area (Å²) in [6.07, 6.45) is -0.473. The minimum absolute atomic E-state index is 0.133. The molecule has 0 aromatic carbocycles. The lowest BCUT2D eigenvalue weighted by atomic mass is 9.34. The molecule has 1 unspecified atom stereocenters. The van der Waals surface area contributed by atoms with Gasteiger partial charge in [-0.1, -0.05) is 20.4 Å². The number of aliphatic hydroxyl groups excluding tert-OH is 2. The van der Waals surface area contributed by atoms with Crippen LogP contribution >= 0.6 is 0 Å². The Labute approximate surface area is 152 Å². The molecule has 2 spiro atoms. The van der Waals surface area contributed by atoms with Gasteiger partial charge in [0, 0.05) is 11.8 Å². The molecular formula is C20H26O6. The third-order valence-corrected chi connectivity index (χ3v) is 9.14. The molecule has 4 saturated carbocycles. The summed E-state index contributed by atoms with van der Waals surface area (Å²) in [5.74, 6) is -2.99. The van der Waals surface area contributed by atoms with Gasteiger partial charge in [-0.15, -0.1) is 0 Å². The fraction of sp³-hybridized carbons (Fsp3) is 0.850. The predicted molar refractivity (Wildman–Crippen MR) is 88.4 cm³/mol. The first-order valence-corrected chi connectivity index (χ1v) is 9.80. The van der Waals surface area contributed by atoms with E-state index in [2.05, 4.69) is 20.4 Å². The number of aliphatic hydroxyl groups is 3. The Balaban J connectivity index is 1.70. The second-order valence-corrected chi connectivity index (χ2v) is 10.1. The highest BCUT2D eigenvalue weighted by Crippen LogP contribution is 2.81. The molecule has 0 aromatic rings. The molecule has 6 heteroatoms. The van der Waals surface area contributed by atoms with Crippen LogP contribution in [-0.4, -0.2) is 51.5 Å². The van der Waals surface area contributed by atoms with Gasteiger partial charge < -0.3 is 24.8 Å². The highest BCUT2D eigenvalue weighted by atomic mass is 16.8. The predicted octanol–water partition coefficient (Wildman–Crippen LogP) is 0.740. The van der Waals surface area contributed by atoms with Crippen molar-refractivity contribution in [1.29, 1.82) is 0 Å². The highest BCUT2D eigenvalue weighted by molar-refractivity contribution is 6.05. The van der Waals surface area contributed by atoms with Gasteiger partial charge in [0.05, 0.1) is 17.6 Å². The number of ether oxygens (including phenoxy) is 2. The average molecular weight is 362 g/mol. The molecule has 142 valence electrons. The number of carbonyl (C=O) groups is 1. The molecule has 0 aromatic heterocycles. The van der Waals surface area contributed by atoms with E-state index in [0.717, 1.165) is 12.8 Å². The van der Waals surface area contributed by atoms with E-state index < -0.39 is 47.1 Å². The van der Waals surface area contributed by atoms with Gasteiger partial charge in [-0.25, -0.2) is 0 Å². The van der Waals surface area contributed by atoms with Crippen LogP contribution in [0, 0.1) is 34.0 Å². The topological polar surface area (TPSA) is 96.2 Å². The first kappa shape index (κ1) is 16.2. The van der Waals surface area contributed by atoms with Crippen molar-refractivity contribution >= 4 is 5.78 Å². The van der Waals surface area contributed by atoms with Crippen molar-refractivity contribution in [3.05, 3.63) is 12.2 Å². The maximum absolute atomic E-state index is 13.4. The monoisotopic (exact) mass is 362 g/mol. The number of hydrogen-bond donors (Lipinski definition) is 3. The molecule has 8 fully saturated rings. The van der Waals surface area contributed by atoms with E-state index in [1.165, 1.54) is 0 Å². The first-order valence-electron chi connectivity index (χ1n) is 9.80. The number of Topliss-reactive ketones (excluding diaryl/α,β-unsaturated/α-hetero) is 1. The SMILES string of the molecule is C=C1C(=O)[C@@]23[C@@H]4OC5O[C@@]2(O)[C@@H](O)[C@@H]2C(C)(C)CC[C@H](O)[C@]52[C@@H]3CC[C@@H]14. The number of ketones is 1. The van der Waals surface area contributed by atoms with Crippen LogP contribution in [0.1, 0.15) is 39.5 Å². The molecule has 3 N–H and O–H groups in total. The summed E-state index contributed by atoms with van der Waals surface area (Å²) in [5, 5.41) is 34.3. The minimum Gasteiger partial charge on any atom is -0.392 e. The lowest BCUT2D eigenvalue weighted by Crippen LogP contribution is -2.91. The van der Waals surface area contributed by atoms with Crippen molar-refractivity contribution in [3.63, 3.8) is 0 Å². The van der Waals surface area contributed by atoms with Crippen molar-refractivity contribution in [2.45, 2.75) is 69.9 Å². The Morgan fingerprint density at radius 2 is 1.92 bits per heavy atom. The lowest BCUT2D eigenvalue weighted by Gasteiger charge is -2.79. The maximum Gasteiger partial charge on any atom is 0.211 e. The first-order chi connectivity index (χ1) is 12.1. The zero-order valence-corrected chi connectivity index (χ0v) is 15.1. The largest absolute Gasteiger partial charge is 0.392 e. The van der Waals surface area contributed by atoms with Crippen LogP contribution in [0.3, 0.4) is 0 Å². The summed E-state index contributed by atoms with van der Waals surface area (Å²) in [6, 6.07) is 0. The zero-order chi connectivity index (χ0) is 18.4. The van der Waals surface area contributed by atoms with Crippen molar-refractivity contribution in [2.75, 3.05) is 0 Å². The van der Waals surface area contributed by atoms with Crippen LogP contribution < -0.4 is 0 Å². The third-order valence-electron chi connectivity index (χ3n) is 9.14. The Hall–Kier alpha value is -0.790. The van der Waals surface area contributed by atoms with Crippen molar-refractivity contribution in [1.82, 2.24) is 0 Å². The van der Waals surface area contributed by atoms with Crippen LogP contribution in [0.5, 0.6) is 0 Å². The fourth-order valence-corrected chi connectivity index (χ4v) is 8.38. The van der Waals surface area contributed by atoms with E-state index in [1.807, 2.05) is 0 Å². The molecule has 26 heavy (non-hydrogen) atoms. The van der Waals surface area contributed by atoms with Gasteiger partial charge in [0.2, 0.25) is 5.79 Å². The van der Waals surface area contributed by atoms with Crippen molar-refractivity contribution in [2.24, 2.45) is 34.0 Å². The Kier molecular flexibility index (Phi) is 2.57. The average Bonchev–Trinajstić information content (AvgIpc) is 2.71. The Morgan fingerprint density at radius 1 is 1.19 bits per heavy atom. The van der Waals surface area contributed by atoms with Crippen LogP contribution in [-0.2, 0) is 14.3 Å². The summed E-state index contributed by atoms with van der Waals surface area (Å²) in [7, 11) is 0. The second kappa shape index (κ2) is 4.13. The quantitative estimate of drug-likeness (QED) is 0.550. The molecule has 0 radical (unpaired) electrons. The highest BCUT2D eigenvalue weighted by Gasteiger charge is 2.92. The molecule has 8 aliphatic rings. The van der Waals surface area contributed by atoms with Crippen LogP contribution in [0.4, 0.5) is 0 Å². The molecule has 10 atom stereocenters.